The van der Waals surface area contributed by atoms with Crippen molar-refractivity contribution in [1.82, 2.24) is 0 Å². The minimum atomic E-state index is -0.189. The molecule has 0 amide bonds. The lowest BCUT2D eigenvalue weighted by atomic mass is 9.66. The van der Waals surface area contributed by atoms with Crippen LogP contribution in [0.3, 0.4) is 0 Å². The van der Waals surface area contributed by atoms with E-state index in [1.807, 2.05) is 17.5 Å². The topological polar surface area (TPSA) is 36.1 Å². The van der Waals surface area contributed by atoms with Gasteiger partial charge in [0.15, 0.2) is 0 Å². The molecule has 1 aliphatic carbocycles. The molecular formula is C18H14N2S2. The van der Waals surface area contributed by atoms with Gasteiger partial charge in [0.2, 0.25) is 0 Å². The SMILES string of the molecule is N#Cc1csc(C2CCC(=S)C3(C=Nc4ccccc43)C2)c1. The smallest absolute Gasteiger partial charge is 0.100 e. The van der Waals surface area contributed by atoms with Crippen LogP contribution in [-0.4, -0.2) is 11.1 Å². The van der Waals surface area contributed by atoms with E-state index in [9.17, 15) is 0 Å². The fourth-order valence-electron chi connectivity index (χ4n) is 3.60. The second kappa shape index (κ2) is 5.12. The Labute approximate surface area is 139 Å². The van der Waals surface area contributed by atoms with Gasteiger partial charge in [0.25, 0.3) is 0 Å². The van der Waals surface area contributed by atoms with Gasteiger partial charge in [0, 0.05) is 21.3 Å². The zero-order valence-electron chi connectivity index (χ0n) is 12.0. The van der Waals surface area contributed by atoms with E-state index in [1.54, 1.807) is 11.3 Å². The highest BCUT2D eigenvalue weighted by Crippen LogP contribution is 2.49. The first kappa shape index (κ1) is 13.8. The third kappa shape index (κ3) is 1.97. The monoisotopic (exact) mass is 322 g/mol. The Hall–Kier alpha value is -1.83. The van der Waals surface area contributed by atoms with Gasteiger partial charge in [-0.05, 0) is 42.9 Å². The average molecular weight is 322 g/mol. The summed E-state index contributed by atoms with van der Waals surface area (Å²) in [6.45, 7) is 0. The maximum atomic E-state index is 9.04. The van der Waals surface area contributed by atoms with E-state index in [2.05, 4.69) is 35.5 Å². The molecule has 0 saturated heterocycles. The van der Waals surface area contributed by atoms with E-state index in [0.717, 1.165) is 35.4 Å². The van der Waals surface area contributed by atoms with E-state index in [-0.39, 0.29) is 5.41 Å². The van der Waals surface area contributed by atoms with Crippen molar-refractivity contribution in [2.75, 3.05) is 0 Å². The summed E-state index contributed by atoms with van der Waals surface area (Å²) >= 11 is 7.44. The lowest BCUT2D eigenvalue weighted by Gasteiger charge is -2.37. The third-order valence-electron chi connectivity index (χ3n) is 4.75. The molecule has 0 radical (unpaired) electrons. The molecule has 2 atom stereocenters. The van der Waals surface area contributed by atoms with Crippen LogP contribution in [0.4, 0.5) is 5.69 Å². The van der Waals surface area contributed by atoms with Crippen molar-refractivity contribution in [2.24, 2.45) is 4.99 Å². The highest BCUT2D eigenvalue weighted by molar-refractivity contribution is 7.80. The Bertz CT molecular complexity index is 828. The second-order valence-corrected chi connectivity index (χ2v) is 7.39. The summed E-state index contributed by atoms with van der Waals surface area (Å²) < 4.78 is 0. The molecule has 108 valence electrons. The molecule has 1 saturated carbocycles. The molecule has 1 spiro atoms. The van der Waals surface area contributed by atoms with Crippen LogP contribution >= 0.6 is 23.6 Å². The standard InChI is InChI=1S/C18H14N2S2/c19-9-12-7-16(22-10-12)13-5-6-17(21)18(8-13)11-20-15-4-2-1-3-14(15)18/h1-4,7,10-11,13H,5-6,8H2. The molecule has 4 heteroatoms. The van der Waals surface area contributed by atoms with Crippen LogP contribution < -0.4 is 0 Å². The summed E-state index contributed by atoms with van der Waals surface area (Å²) in [6, 6.07) is 12.6. The number of fused-ring (bicyclic) bond motifs is 2. The Kier molecular flexibility index (Phi) is 3.21. The molecule has 2 heterocycles. The molecule has 2 aromatic rings. The largest absolute Gasteiger partial charge is 0.260 e. The quantitative estimate of drug-likeness (QED) is 0.699. The molecule has 2 unspecified atom stereocenters. The van der Waals surface area contributed by atoms with E-state index in [0.29, 0.717) is 5.92 Å². The van der Waals surface area contributed by atoms with Crippen LogP contribution in [0.5, 0.6) is 0 Å². The number of benzene rings is 1. The number of hydrogen-bond acceptors (Lipinski definition) is 4. The van der Waals surface area contributed by atoms with Crippen molar-refractivity contribution in [1.29, 1.82) is 5.26 Å². The van der Waals surface area contributed by atoms with Crippen molar-refractivity contribution in [3.8, 4) is 6.07 Å². The maximum Gasteiger partial charge on any atom is 0.100 e. The predicted octanol–water partition coefficient (Wildman–Crippen LogP) is 4.91. The number of aliphatic imine (C=N–C) groups is 1. The van der Waals surface area contributed by atoms with Crippen molar-refractivity contribution >= 4 is 40.3 Å². The summed E-state index contributed by atoms with van der Waals surface area (Å²) in [4.78, 5) is 7.02. The molecule has 2 aliphatic rings. The Morgan fingerprint density at radius 1 is 1.36 bits per heavy atom. The van der Waals surface area contributed by atoms with Gasteiger partial charge >= 0.3 is 0 Å². The summed E-state index contributed by atoms with van der Waals surface area (Å²) in [6.07, 6.45) is 5.05. The van der Waals surface area contributed by atoms with Gasteiger partial charge in [-0.25, -0.2) is 0 Å². The van der Waals surface area contributed by atoms with Gasteiger partial charge in [-0.1, -0.05) is 30.4 Å². The summed E-state index contributed by atoms with van der Waals surface area (Å²) in [5.74, 6) is 0.455. The van der Waals surface area contributed by atoms with Gasteiger partial charge < -0.3 is 0 Å². The molecule has 4 rings (SSSR count). The highest BCUT2D eigenvalue weighted by Gasteiger charge is 2.45. The van der Waals surface area contributed by atoms with Gasteiger partial charge in [-0.2, -0.15) is 5.26 Å². The van der Waals surface area contributed by atoms with E-state index >= 15 is 0 Å². The zero-order chi connectivity index (χ0) is 15.2. The summed E-state index contributed by atoms with van der Waals surface area (Å²) in [5, 5.41) is 11.0. The number of thiocarbonyl (C=S) groups is 1. The minimum absolute atomic E-state index is 0.189. The normalized spacial score (nSPS) is 26.1. The molecule has 0 N–H and O–H groups in total. The average Bonchev–Trinajstić information content (AvgIpc) is 3.17. The third-order valence-corrected chi connectivity index (χ3v) is 6.41. The fraction of sp³-hybridized carbons (Fsp3) is 0.278. The van der Waals surface area contributed by atoms with Crippen LogP contribution in [0.1, 0.15) is 41.2 Å². The number of hydrogen-bond donors (Lipinski definition) is 0. The minimum Gasteiger partial charge on any atom is -0.260 e. The molecule has 1 aliphatic heterocycles. The predicted molar refractivity (Wildman–Crippen MR) is 94.5 cm³/mol. The number of thiophene rings is 1. The first-order chi connectivity index (χ1) is 10.7. The van der Waals surface area contributed by atoms with Crippen molar-refractivity contribution in [3.05, 3.63) is 51.7 Å². The first-order valence-electron chi connectivity index (χ1n) is 7.39. The van der Waals surface area contributed by atoms with Crippen molar-refractivity contribution in [3.63, 3.8) is 0 Å². The van der Waals surface area contributed by atoms with Crippen LogP contribution in [0.2, 0.25) is 0 Å². The van der Waals surface area contributed by atoms with Crippen molar-refractivity contribution < 1.29 is 0 Å². The molecule has 22 heavy (non-hydrogen) atoms. The number of rotatable bonds is 1. The lowest BCUT2D eigenvalue weighted by Crippen LogP contribution is -2.39. The Balaban J connectivity index is 1.73. The number of nitriles is 1. The summed E-state index contributed by atoms with van der Waals surface area (Å²) in [5.41, 5.74) is 2.88. The summed E-state index contributed by atoms with van der Waals surface area (Å²) in [7, 11) is 0. The molecule has 1 aromatic heterocycles. The van der Waals surface area contributed by atoms with Crippen LogP contribution in [-0.2, 0) is 5.41 Å². The van der Waals surface area contributed by atoms with Crippen LogP contribution in [0, 0.1) is 11.3 Å². The lowest BCUT2D eigenvalue weighted by molar-refractivity contribution is 0.505. The van der Waals surface area contributed by atoms with Crippen LogP contribution in [0.25, 0.3) is 0 Å². The molecule has 1 fully saturated rings. The molecular weight excluding hydrogens is 308 g/mol. The van der Waals surface area contributed by atoms with E-state index < -0.39 is 0 Å². The van der Waals surface area contributed by atoms with Crippen LogP contribution in [0.15, 0.2) is 40.7 Å². The van der Waals surface area contributed by atoms with E-state index in [1.165, 1.54) is 10.4 Å². The molecule has 0 bridgehead atoms. The number of para-hydroxylation sites is 1. The van der Waals surface area contributed by atoms with Gasteiger partial charge in [-0.15, -0.1) is 11.3 Å². The Morgan fingerprint density at radius 3 is 3.05 bits per heavy atom. The number of nitrogens with zero attached hydrogens (tertiary/aromatic N) is 2. The maximum absolute atomic E-state index is 9.04. The van der Waals surface area contributed by atoms with Crippen molar-refractivity contribution in [2.45, 2.75) is 30.6 Å². The van der Waals surface area contributed by atoms with Gasteiger partial charge in [0.05, 0.1) is 16.7 Å². The Morgan fingerprint density at radius 2 is 2.23 bits per heavy atom. The van der Waals surface area contributed by atoms with E-state index in [4.69, 9.17) is 17.5 Å². The highest BCUT2D eigenvalue weighted by atomic mass is 32.1. The van der Waals surface area contributed by atoms with Gasteiger partial charge in [0.1, 0.15) is 6.07 Å². The zero-order valence-corrected chi connectivity index (χ0v) is 13.6. The fourth-order valence-corrected chi connectivity index (χ4v) is 4.94. The molecule has 2 nitrogen and oxygen atoms in total. The second-order valence-electron chi connectivity index (χ2n) is 5.96. The molecule has 1 aromatic carbocycles. The van der Waals surface area contributed by atoms with Gasteiger partial charge in [-0.3, -0.25) is 4.99 Å². The first-order valence-corrected chi connectivity index (χ1v) is 8.68.